The van der Waals surface area contributed by atoms with Gasteiger partial charge in [-0.1, -0.05) is 0 Å². The smallest absolute Gasteiger partial charge is 1.00 e. The third-order valence-corrected chi connectivity index (χ3v) is 0. The van der Waals surface area contributed by atoms with E-state index in [-0.39, 0.29) is 159 Å². The van der Waals surface area contributed by atoms with Crippen molar-refractivity contribution >= 4 is 87.8 Å². The molecule has 0 radical (unpaired) electrons. The molecule has 0 N–H and O–H groups in total. The van der Waals surface area contributed by atoms with Crippen molar-refractivity contribution in [2.45, 2.75) is 0 Å². The Labute approximate surface area is 197 Å². The zero-order valence-electron chi connectivity index (χ0n) is 7.62. The monoisotopic (exact) mass is 316 g/mol. The van der Waals surface area contributed by atoms with Crippen LogP contribution in [0.2, 0.25) is 0 Å². The molecule has 0 aliphatic carbocycles. The summed E-state index contributed by atoms with van der Waals surface area (Å²) in [5.41, 5.74) is 0. The van der Waals surface area contributed by atoms with Gasteiger partial charge < -0.3 is 54.8 Å². The van der Waals surface area contributed by atoms with Crippen molar-refractivity contribution < 1.29 is 114 Å². The molecule has 0 saturated heterocycles. The molecule has 6 nitrogen and oxygen atoms in total. The van der Waals surface area contributed by atoms with Crippen molar-refractivity contribution in [1.29, 1.82) is 0 Å². The van der Waals surface area contributed by atoms with Crippen LogP contribution in [-0.4, -0.2) is 87.8 Å². The molecule has 0 aromatic rings. The van der Waals surface area contributed by atoms with Gasteiger partial charge in [0.2, 0.25) is 0 Å². The average Bonchev–Trinajstić information content (AvgIpc) is 1.25. The molecule has 0 aliphatic rings. The third-order valence-electron chi connectivity index (χ3n) is 0. The predicted molar refractivity (Wildman–Crippen MR) is 22.3 cm³/mol. The normalized spacial score (nSPS) is 3.43. The van der Waals surface area contributed by atoms with Crippen molar-refractivity contribution in [2.75, 3.05) is 0 Å². The molecule has 0 heterocycles. The van der Waals surface area contributed by atoms with Gasteiger partial charge in [0.1, 0.15) is 0 Å². The summed E-state index contributed by atoms with van der Waals surface area (Å²) in [7, 11) is 0. The molecule has 0 aliphatic heterocycles. The number of carbonyl (C=O) groups is 2. The van der Waals surface area contributed by atoms with E-state index in [1.807, 2.05) is 0 Å². The van der Waals surface area contributed by atoms with Gasteiger partial charge in [-0.05, 0) is 12.3 Å². The number of hydrogen-bond acceptors (Lipinski definition) is 6. The summed E-state index contributed by atoms with van der Waals surface area (Å²) in [6.45, 7) is 0. The molecule has 0 spiro atoms. The Bertz CT molecular complexity index is 87.8. The van der Waals surface area contributed by atoms with Crippen LogP contribution in [0.1, 0.15) is 0 Å². The summed E-state index contributed by atoms with van der Waals surface area (Å²) in [5, 5.41) is 33.3. The molecule has 0 rings (SSSR count). The fourth-order valence-corrected chi connectivity index (χ4v) is 0. The molecule has 12 heteroatoms. The summed E-state index contributed by atoms with van der Waals surface area (Å²) in [4.78, 5) is 16.7. The largest absolute Gasteiger partial charge is 2.00 e. The van der Waals surface area contributed by atoms with Crippen LogP contribution in [0, 0.1) is 0 Å². The Morgan fingerprint density at radius 1 is 0.643 bits per heavy atom. The van der Waals surface area contributed by atoms with E-state index in [2.05, 4.69) is 0 Å². The third kappa shape index (κ3) is 253. The Balaban J connectivity index is -0.00000000600. The van der Waals surface area contributed by atoms with E-state index in [1.54, 1.807) is 0 Å². The van der Waals surface area contributed by atoms with E-state index in [0.29, 0.717) is 0 Å². The van der Waals surface area contributed by atoms with E-state index in [4.69, 9.17) is 30.0 Å². The van der Waals surface area contributed by atoms with Crippen LogP contribution in [0.25, 0.3) is 0 Å². The second-order valence-corrected chi connectivity index (χ2v) is 0.500. The fourth-order valence-electron chi connectivity index (χ4n) is 0. The topological polar surface area (TPSA) is 126 Å². The van der Waals surface area contributed by atoms with E-state index in [1.165, 1.54) is 0 Å². The van der Waals surface area contributed by atoms with Crippen molar-refractivity contribution in [1.82, 2.24) is 0 Å². The average molecular weight is 317 g/mol. The minimum atomic E-state index is -2.33. The van der Waals surface area contributed by atoms with Gasteiger partial charge in [-0.3, -0.25) is 0 Å². The zero-order chi connectivity index (χ0) is 7.15. The first-order valence-electron chi connectivity index (χ1n) is 1.22. The Morgan fingerprint density at radius 2 is 0.643 bits per heavy atom. The molecule has 0 fully saturated rings. The molecule has 0 saturated carbocycles. The molecule has 0 atom stereocenters. The van der Waals surface area contributed by atoms with E-state index >= 15 is 0 Å². The Hall–Kier alpha value is 3.64. The minimum Gasteiger partial charge on any atom is -1.00 e. The molecule has 0 unspecified atom stereocenters. The van der Waals surface area contributed by atoms with Crippen LogP contribution < -0.4 is 104 Å². The fraction of sp³-hybridized carbons (Fsp3) is 0. The van der Waals surface area contributed by atoms with Crippen LogP contribution in [0.3, 0.4) is 0 Å². The molecule has 0 amide bonds. The maximum atomic E-state index is 8.33. The number of hydrogen-bond donors (Lipinski definition) is 0. The van der Waals surface area contributed by atoms with Gasteiger partial charge >= 0.3 is 135 Å². The van der Waals surface area contributed by atoms with Crippen molar-refractivity contribution in [3.05, 3.63) is 0 Å². The van der Waals surface area contributed by atoms with E-state index < -0.39 is 12.3 Å². The predicted octanol–water partition coefficient (Wildman–Crippen LogP) is -17.6. The van der Waals surface area contributed by atoms with Crippen LogP contribution in [0.15, 0.2) is 0 Å². The van der Waals surface area contributed by atoms with Gasteiger partial charge in [-0.15, -0.1) is 0 Å². The number of carbonyl (C=O) groups excluding carboxylic acids is 2. The van der Waals surface area contributed by atoms with Crippen molar-refractivity contribution in [3.8, 4) is 0 Å². The van der Waals surface area contributed by atoms with Gasteiger partial charge in [0.05, 0.1) is 0 Å². The second-order valence-electron chi connectivity index (χ2n) is 0.500. The first-order valence-corrected chi connectivity index (χ1v) is 1.22. The maximum absolute atomic E-state index is 8.33. The molecule has 14 heavy (non-hydrogen) atoms. The van der Waals surface area contributed by atoms with Crippen molar-refractivity contribution in [2.24, 2.45) is 0 Å². The maximum Gasteiger partial charge on any atom is 2.00 e. The van der Waals surface area contributed by atoms with Gasteiger partial charge in [0.25, 0.3) is 0 Å². The Morgan fingerprint density at radius 3 is 0.643 bits per heavy atom. The molecule has 64 valence electrons. The summed E-state index contributed by atoms with van der Waals surface area (Å²) in [6.07, 6.45) is -4.67. The summed E-state index contributed by atoms with van der Waals surface area (Å²) >= 11 is 0. The Kier molecular flexibility index (Phi) is 164. The first-order chi connectivity index (χ1) is 3.46. The summed E-state index contributed by atoms with van der Waals surface area (Å²) < 4.78 is 0. The summed E-state index contributed by atoms with van der Waals surface area (Å²) in [6, 6.07) is 0. The van der Waals surface area contributed by atoms with Crippen LogP contribution >= 0.6 is 0 Å². The standard InChI is InChI=1S/2CH2O3.2Ca.2ClH.2Na/c2*2-1(3)4;;;;;;/h2*(H2,2,3,4);;;2*1H;;/q;;2*+2;;;2*+1/p-6. The number of halogens is 2. The first kappa shape index (κ1) is 52.6. The molecular formula is C2Ca2Cl2Na2O6. The van der Waals surface area contributed by atoms with E-state index in [0.717, 1.165) is 0 Å². The molecule has 0 aromatic heterocycles. The van der Waals surface area contributed by atoms with Gasteiger partial charge in [0, 0.05) is 0 Å². The van der Waals surface area contributed by atoms with Crippen LogP contribution in [-0.2, 0) is 0 Å². The minimum absolute atomic E-state index is 0. The van der Waals surface area contributed by atoms with Crippen LogP contribution in [0.5, 0.6) is 0 Å². The van der Waals surface area contributed by atoms with Crippen LogP contribution in [0.4, 0.5) is 9.59 Å². The van der Waals surface area contributed by atoms with Gasteiger partial charge in [-0.2, -0.15) is 0 Å². The molecule has 0 aromatic carbocycles. The van der Waals surface area contributed by atoms with Crippen molar-refractivity contribution in [3.63, 3.8) is 0 Å². The van der Waals surface area contributed by atoms with Gasteiger partial charge in [0.15, 0.2) is 0 Å². The molecular weight excluding hydrogens is 317 g/mol. The van der Waals surface area contributed by atoms with Gasteiger partial charge in [-0.25, -0.2) is 0 Å². The zero-order valence-corrected chi connectivity index (χ0v) is 17.5. The summed E-state index contributed by atoms with van der Waals surface area (Å²) in [5.74, 6) is 0. The number of carboxylic acid groups (broad SMARTS) is 4. The SMILES string of the molecule is O=C([O-])[O-].O=C([O-])[O-].[Ca+2].[Ca+2].[Cl-].[Cl-].[Na+].[Na+]. The number of rotatable bonds is 0. The second kappa shape index (κ2) is 43.8. The molecule has 0 bridgehead atoms. The quantitative estimate of drug-likeness (QED) is 0.408. The van der Waals surface area contributed by atoms with E-state index in [9.17, 15) is 0 Å².